The van der Waals surface area contributed by atoms with Gasteiger partial charge in [0, 0.05) is 6.92 Å². The SMILES string of the molecule is Cc1nc(-c2ccc([SH](S)S)s2)no1. The van der Waals surface area contributed by atoms with Gasteiger partial charge in [0.05, 0.1) is 9.09 Å². The van der Waals surface area contributed by atoms with E-state index in [2.05, 4.69) is 33.5 Å². The van der Waals surface area contributed by atoms with Crippen LogP contribution >= 0.6 is 43.6 Å². The van der Waals surface area contributed by atoms with E-state index in [4.69, 9.17) is 4.52 Å². The highest BCUT2D eigenvalue weighted by molar-refractivity contribution is 9.09. The van der Waals surface area contributed by atoms with Crippen LogP contribution < -0.4 is 0 Å². The van der Waals surface area contributed by atoms with Gasteiger partial charge in [0.1, 0.15) is 0 Å². The van der Waals surface area contributed by atoms with E-state index < -0.39 is 8.96 Å². The Hall–Kier alpha value is -0.110. The quantitative estimate of drug-likeness (QED) is 0.576. The second-order valence-electron chi connectivity index (χ2n) is 2.56. The zero-order valence-electron chi connectivity index (χ0n) is 7.21. The van der Waals surface area contributed by atoms with Gasteiger partial charge >= 0.3 is 0 Å². The molecule has 0 N–H and O–H groups in total. The molecule has 7 heteroatoms. The van der Waals surface area contributed by atoms with Crippen LogP contribution in [0.2, 0.25) is 0 Å². The van der Waals surface area contributed by atoms with Crippen LogP contribution in [-0.4, -0.2) is 10.1 Å². The third kappa shape index (κ3) is 2.10. The van der Waals surface area contributed by atoms with Crippen molar-refractivity contribution >= 4 is 43.6 Å². The van der Waals surface area contributed by atoms with E-state index in [0.29, 0.717) is 11.7 Å². The summed E-state index contributed by atoms with van der Waals surface area (Å²) in [5.74, 6) is 1.21. The minimum Gasteiger partial charge on any atom is -0.339 e. The van der Waals surface area contributed by atoms with Crippen molar-refractivity contribution in [3.05, 3.63) is 18.0 Å². The van der Waals surface area contributed by atoms with Crippen LogP contribution in [0, 0.1) is 6.92 Å². The number of aromatic nitrogens is 2. The molecule has 2 aromatic rings. The first-order valence-corrected chi connectivity index (χ1v) is 8.21. The largest absolute Gasteiger partial charge is 0.339 e. The first-order valence-electron chi connectivity index (χ1n) is 3.75. The van der Waals surface area contributed by atoms with Crippen LogP contribution in [0.15, 0.2) is 20.9 Å². The first kappa shape index (κ1) is 10.4. The fourth-order valence-electron chi connectivity index (χ4n) is 0.955. The van der Waals surface area contributed by atoms with Gasteiger partial charge in [0.25, 0.3) is 0 Å². The smallest absolute Gasteiger partial charge is 0.223 e. The molecule has 2 rings (SSSR count). The van der Waals surface area contributed by atoms with Gasteiger partial charge in [-0.2, -0.15) is 4.98 Å². The Labute approximate surface area is 97.9 Å². The van der Waals surface area contributed by atoms with Crippen molar-refractivity contribution in [2.24, 2.45) is 0 Å². The molecule has 2 heterocycles. The third-order valence-electron chi connectivity index (χ3n) is 1.54. The maximum Gasteiger partial charge on any atom is 0.223 e. The predicted molar refractivity (Wildman–Crippen MR) is 67.6 cm³/mol. The number of thiophene rings is 1. The monoisotopic (exact) mass is 264 g/mol. The number of rotatable bonds is 2. The molecular weight excluding hydrogens is 256 g/mol. The van der Waals surface area contributed by atoms with Gasteiger partial charge < -0.3 is 4.52 Å². The average Bonchev–Trinajstić information content (AvgIpc) is 2.70. The van der Waals surface area contributed by atoms with Gasteiger partial charge in [0.2, 0.25) is 11.7 Å². The van der Waals surface area contributed by atoms with E-state index in [1.165, 1.54) is 0 Å². The van der Waals surface area contributed by atoms with E-state index in [9.17, 15) is 0 Å². The van der Waals surface area contributed by atoms with Crippen LogP contribution in [0.3, 0.4) is 0 Å². The lowest BCUT2D eigenvalue weighted by Crippen LogP contribution is -1.73. The van der Waals surface area contributed by atoms with Crippen LogP contribution in [-0.2, 0) is 0 Å². The summed E-state index contributed by atoms with van der Waals surface area (Å²) in [5.41, 5.74) is 0. The summed E-state index contributed by atoms with van der Waals surface area (Å²) < 4.78 is 6.04. The van der Waals surface area contributed by atoms with Crippen molar-refractivity contribution in [2.45, 2.75) is 11.1 Å². The van der Waals surface area contributed by atoms with Crippen molar-refractivity contribution in [1.29, 1.82) is 0 Å². The molecule has 0 aliphatic rings. The molecule has 0 fully saturated rings. The summed E-state index contributed by atoms with van der Waals surface area (Å²) in [6.07, 6.45) is 0. The summed E-state index contributed by atoms with van der Waals surface area (Å²) in [4.78, 5) is 5.14. The molecular formula is C7H8N2OS4. The zero-order chi connectivity index (χ0) is 10.1. The normalized spacial score (nSPS) is 11.8. The Morgan fingerprint density at radius 1 is 1.43 bits per heavy atom. The molecule has 76 valence electrons. The van der Waals surface area contributed by atoms with E-state index in [1.54, 1.807) is 18.3 Å². The van der Waals surface area contributed by atoms with Crippen molar-refractivity contribution in [3.63, 3.8) is 0 Å². The molecule has 0 aliphatic carbocycles. The molecule has 0 radical (unpaired) electrons. The minimum atomic E-state index is -0.637. The molecule has 0 spiro atoms. The number of aryl methyl sites for hydroxylation is 1. The van der Waals surface area contributed by atoms with Crippen molar-refractivity contribution in [2.75, 3.05) is 0 Å². The molecule has 0 bridgehead atoms. The molecule has 0 aromatic carbocycles. The molecule has 0 saturated carbocycles. The van der Waals surface area contributed by atoms with Gasteiger partial charge in [-0.25, -0.2) is 0 Å². The average molecular weight is 264 g/mol. The standard InChI is InChI=1S/C7H8N2OS4/c1-4-8-7(9-10-4)5-2-3-6(13-5)14(11)12/h2-3,11-12,14H,1H3. The second kappa shape index (κ2) is 4.18. The van der Waals surface area contributed by atoms with E-state index in [1.807, 2.05) is 12.1 Å². The number of thiol groups is 3. The Bertz CT molecular complexity index is 436. The second-order valence-corrected chi connectivity index (χ2v) is 8.36. The first-order chi connectivity index (χ1) is 6.66. The third-order valence-corrected chi connectivity index (χ3v) is 5.89. The number of nitrogens with zero attached hydrogens (tertiary/aromatic N) is 2. The predicted octanol–water partition coefficient (Wildman–Crippen LogP) is 3.16. The van der Waals surface area contributed by atoms with Crippen LogP contribution in [0.5, 0.6) is 0 Å². The summed E-state index contributed by atoms with van der Waals surface area (Å²) in [7, 11) is -0.637. The lowest BCUT2D eigenvalue weighted by atomic mass is 10.4. The zero-order valence-corrected chi connectivity index (χ0v) is 10.7. The van der Waals surface area contributed by atoms with E-state index in [0.717, 1.165) is 9.09 Å². The lowest BCUT2D eigenvalue weighted by Gasteiger charge is -2.00. The highest BCUT2D eigenvalue weighted by Crippen LogP contribution is 2.48. The van der Waals surface area contributed by atoms with Gasteiger partial charge in [0.15, 0.2) is 0 Å². The molecule has 0 unspecified atom stereocenters. The minimum absolute atomic E-state index is 0.578. The summed E-state index contributed by atoms with van der Waals surface area (Å²) >= 11 is 10.2. The van der Waals surface area contributed by atoms with Gasteiger partial charge in [-0.3, -0.25) is 0 Å². The molecule has 3 nitrogen and oxygen atoms in total. The maximum atomic E-state index is 4.90. The topological polar surface area (TPSA) is 38.9 Å². The summed E-state index contributed by atoms with van der Waals surface area (Å²) in [6.45, 7) is 1.77. The van der Waals surface area contributed by atoms with Crippen molar-refractivity contribution in [1.82, 2.24) is 10.1 Å². The highest BCUT2D eigenvalue weighted by atomic mass is 33.5. The summed E-state index contributed by atoms with van der Waals surface area (Å²) in [6, 6.07) is 3.96. The fourth-order valence-corrected chi connectivity index (χ4v) is 3.59. The maximum absolute atomic E-state index is 4.90. The van der Waals surface area contributed by atoms with Crippen LogP contribution in [0.25, 0.3) is 10.7 Å². The van der Waals surface area contributed by atoms with Gasteiger partial charge in [-0.1, -0.05) is 5.16 Å². The van der Waals surface area contributed by atoms with Crippen LogP contribution in [0.1, 0.15) is 5.89 Å². The summed E-state index contributed by atoms with van der Waals surface area (Å²) in [5, 5.41) is 3.84. The molecule has 14 heavy (non-hydrogen) atoms. The molecule has 0 atom stereocenters. The van der Waals surface area contributed by atoms with Gasteiger partial charge in [-0.15, -0.1) is 43.6 Å². The Balaban J connectivity index is 2.33. The highest BCUT2D eigenvalue weighted by Gasteiger charge is 2.09. The molecule has 0 aliphatic heterocycles. The Kier molecular flexibility index (Phi) is 3.10. The fraction of sp³-hybridized carbons (Fsp3) is 0.143. The molecule has 0 saturated heterocycles. The Morgan fingerprint density at radius 2 is 2.21 bits per heavy atom. The van der Waals surface area contributed by atoms with E-state index in [-0.39, 0.29) is 0 Å². The van der Waals surface area contributed by atoms with Gasteiger partial charge in [-0.05, 0) is 12.1 Å². The van der Waals surface area contributed by atoms with Crippen LogP contribution in [0.4, 0.5) is 0 Å². The molecule has 2 aromatic heterocycles. The Morgan fingerprint density at radius 3 is 2.71 bits per heavy atom. The lowest BCUT2D eigenvalue weighted by molar-refractivity contribution is 0.394. The number of hydrogen-bond donors (Lipinski definition) is 3. The van der Waals surface area contributed by atoms with Crippen molar-refractivity contribution in [3.8, 4) is 10.7 Å². The number of hydrogen-bond acceptors (Lipinski definition) is 6. The van der Waals surface area contributed by atoms with Crippen molar-refractivity contribution < 1.29 is 4.52 Å². The molecule has 0 amide bonds. The van der Waals surface area contributed by atoms with E-state index >= 15 is 0 Å².